The SMILES string of the molecule is CCN1c2ccccc2-c2nc3ccccc3n2[C@@H]1c1ccsc1. The fraction of sp³-hybridized carbons (Fsp3) is 0.150. The summed E-state index contributed by atoms with van der Waals surface area (Å²) in [5.41, 5.74) is 6.04. The van der Waals surface area contributed by atoms with E-state index >= 15 is 0 Å². The summed E-state index contributed by atoms with van der Waals surface area (Å²) >= 11 is 1.75. The lowest BCUT2D eigenvalue weighted by Gasteiger charge is -2.39. The standard InChI is InChI=1S/C20H17N3S/c1-2-22-17-9-5-3-7-15(17)19-21-16-8-4-6-10-18(16)23(19)20(22)14-11-12-24-13-14/h3-13,20H,2H2,1H3/t20-/m1/s1. The van der Waals surface area contributed by atoms with Crippen molar-refractivity contribution in [2.75, 3.05) is 11.4 Å². The third-order valence-electron chi connectivity index (χ3n) is 4.77. The summed E-state index contributed by atoms with van der Waals surface area (Å²) in [6.45, 7) is 3.17. The van der Waals surface area contributed by atoms with Gasteiger partial charge in [-0.3, -0.25) is 4.57 Å². The molecule has 1 atom stereocenters. The summed E-state index contributed by atoms with van der Waals surface area (Å²) in [4.78, 5) is 7.43. The lowest BCUT2D eigenvalue weighted by molar-refractivity contribution is 0.557. The average molecular weight is 331 g/mol. The molecule has 0 spiro atoms. The number of rotatable bonds is 2. The summed E-state index contributed by atoms with van der Waals surface area (Å²) in [5.74, 6) is 1.06. The Morgan fingerprint density at radius 2 is 1.88 bits per heavy atom. The molecule has 0 N–H and O–H groups in total. The second-order valence-electron chi connectivity index (χ2n) is 6.03. The van der Waals surface area contributed by atoms with E-state index in [0.29, 0.717) is 0 Å². The minimum absolute atomic E-state index is 0.151. The lowest BCUT2D eigenvalue weighted by Crippen LogP contribution is -2.36. The molecule has 3 heterocycles. The predicted octanol–water partition coefficient (Wildman–Crippen LogP) is 5.15. The highest BCUT2D eigenvalue weighted by Crippen LogP contribution is 2.44. The molecular formula is C20H17N3S. The Kier molecular flexibility index (Phi) is 3.00. The van der Waals surface area contributed by atoms with Crippen LogP contribution in [0, 0.1) is 0 Å². The molecule has 0 saturated heterocycles. The van der Waals surface area contributed by atoms with E-state index in [2.05, 4.69) is 81.7 Å². The van der Waals surface area contributed by atoms with Crippen molar-refractivity contribution in [2.45, 2.75) is 13.1 Å². The fourth-order valence-corrected chi connectivity index (χ4v) is 4.43. The van der Waals surface area contributed by atoms with Gasteiger partial charge in [-0.15, -0.1) is 0 Å². The minimum atomic E-state index is 0.151. The third-order valence-corrected chi connectivity index (χ3v) is 5.47. The predicted molar refractivity (Wildman–Crippen MR) is 101 cm³/mol. The first-order chi connectivity index (χ1) is 11.9. The number of thiophene rings is 1. The van der Waals surface area contributed by atoms with E-state index in [-0.39, 0.29) is 6.17 Å². The van der Waals surface area contributed by atoms with Gasteiger partial charge in [0.05, 0.1) is 11.0 Å². The number of aromatic nitrogens is 2. The molecule has 0 aliphatic carbocycles. The maximum Gasteiger partial charge on any atom is 0.145 e. The molecule has 0 radical (unpaired) electrons. The molecule has 24 heavy (non-hydrogen) atoms. The number of hydrogen-bond acceptors (Lipinski definition) is 3. The van der Waals surface area contributed by atoms with E-state index in [9.17, 15) is 0 Å². The molecule has 118 valence electrons. The Morgan fingerprint density at radius 3 is 2.71 bits per heavy atom. The molecule has 4 aromatic rings. The monoisotopic (exact) mass is 331 g/mol. The maximum atomic E-state index is 4.96. The van der Waals surface area contributed by atoms with Crippen LogP contribution in [0.1, 0.15) is 18.7 Å². The first-order valence-corrected chi connectivity index (χ1v) is 9.18. The van der Waals surface area contributed by atoms with Crippen LogP contribution in [0.5, 0.6) is 0 Å². The summed E-state index contributed by atoms with van der Waals surface area (Å²) in [7, 11) is 0. The topological polar surface area (TPSA) is 21.1 Å². The summed E-state index contributed by atoms with van der Waals surface area (Å²) in [6.07, 6.45) is 0.151. The van der Waals surface area contributed by atoms with Gasteiger partial charge in [0, 0.05) is 23.4 Å². The van der Waals surface area contributed by atoms with Crippen LogP contribution in [0.4, 0.5) is 5.69 Å². The van der Waals surface area contributed by atoms with Crippen molar-refractivity contribution in [3.63, 3.8) is 0 Å². The second kappa shape index (κ2) is 5.21. The van der Waals surface area contributed by atoms with Crippen molar-refractivity contribution in [2.24, 2.45) is 0 Å². The quantitative estimate of drug-likeness (QED) is 0.506. The largest absolute Gasteiger partial charge is 0.347 e. The zero-order chi connectivity index (χ0) is 16.1. The summed E-state index contributed by atoms with van der Waals surface area (Å²) in [5, 5.41) is 4.41. The first-order valence-electron chi connectivity index (χ1n) is 8.23. The molecule has 1 aliphatic heterocycles. The lowest BCUT2D eigenvalue weighted by atomic mass is 10.0. The zero-order valence-electron chi connectivity index (χ0n) is 13.4. The Labute approximate surface area is 144 Å². The number of para-hydroxylation sites is 3. The average Bonchev–Trinajstić information content (AvgIpc) is 3.28. The highest BCUT2D eigenvalue weighted by atomic mass is 32.1. The number of imidazole rings is 1. The number of nitrogens with zero attached hydrogens (tertiary/aromatic N) is 3. The van der Waals surface area contributed by atoms with Crippen LogP contribution in [0.15, 0.2) is 65.4 Å². The normalized spacial score (nSPS) is 16.2. The van der Waals surface area contributed by atoms with E-state index in [1.165, 1.54) is 22.3 Å². The molecule has 0 unspecified atom stereocenters. The van der Waals surface area contributed by atoms with Gasteiger partial charge in [0.25, 0.3) is 0 Å². The Morgan fingerprint density at radius 1 is 1.04 bits per heavy atom. The van der Waals surface area contributed by atoms with Gasteiger partial charge in [0.2, 0.25) is 0 Å². The van der Waals surface area contributed by atoms with Crippen molar-refractivity contribution >= 4 is 28.1 Å². The maximum absolute atomic E-state index is 4.96. The highest BCUT2D eigenvalue weighted by Gasteiger charge is 2.33. The molecule has 5 rings (SSSR count). The van der Waals surface area contributed by atoms with Crippen molar-refractivity contribution in [3.05, 3.63) is 70.9 Å². The van der Waals surface area contributed by atoms with Crippen LogP contribution in [0.2, 0.25) is 0 Å². The molecule has 0 bridgehead atoms. The zero-order valence-corrected chi connectivity index (χ0v) is 14.2. The van der Waals surface area contributed by atoms with Crippen LogP contribution in [0.25, 0.3) is 22.4 Å². The highest BCUT2D eigenvalue weighted by molar-refractivity contribution is 7.08. The third kappa shape index (κ3) is 1.80. The van der Waals surface area contributed by atoms with Crippen LogP contribution >= 0.6 is 11.3 Å². The van der Waals surface area contributed by atoms with Gasteiger partial charge in [-0.05, 0) is 48.0 Å². The van der Waals surface area contributed by atoms with E-state index in [0.717, 1.165) is 17.9 Å². The Bertz CT molecular complexity index is 1020. The van der Waals surface area contributed by atoms with Gasteiger partial charge in [-0.25, -0.2) is 4.98 Å². The van der Waals surface area contributed by atoms with E-state index in [4.69, 9.17) is 4.98 Å². The van der Waals surface area contributed by atoms with Gasteiger partial charge in [-0.1, -0.05) is 24.3 Å². The van der Waals surface area contributed by atoms with Crippen molar-refractivity contribution in [1.29, 1.82) is 0 Å². The molecule has 3 nitrogen and oxygen atoms in total. The Hall–Kier alpha value is -2.59. The van der Waals surface area contributed by atoms with E-state index < -0.39 is 0 Å². The number of anilines is 1. The fourth-order valence-electron chi connectivity index (χ4n) is 3.76. The van der Waals surface area contributed by atoms with Gasteiger partial charge in [0.15, 0.2) is 0 Å². The van der Waals surface area contributed by atoms with Crippen molar-refractivity contribution < 1.29 is 0 Å². The second-order valence-corrected chi connectivity index (χ2v) is 6.81. The number of benzene rings is 2. The first kappa shape index (κ1) is 13.8. The van der Waals surface area contributed by atoms with Crippen LogP contribution < -0.4 is 4.90 Å². The van der Waals surface area contributed by atoms with Gasteiger partial charge < -0.3 is 4.90 Å². The van der Waals surface area contributed by atoms with Crippen molar-refractivity contribution in [3.8, 4) is 11.4 Å². The molecule has 1 aliphatic rings. The minimum Gasteiger partial charge on any atom is -0.347 e. The smallest absolute Gasteiger partial charge is 0.145 e. The molecule has 0 saturated carbocycles. The van der Waals surface area contributed by atoms with Gasteiger partial charge in [-0.2, -0.15) is 11.3 Å². The van der Waals surface area contributed by atoms with Crippen LogP contribution in [0.3, 0.4) is 0 Å². The molecule has 0 fully saturated rings. The molecule has 2 aromatic heterocycles. The summed E-state index contributed by atoms with van der Waals surface area (Å²) < 4.78 is 2.39. The Balaban J connectivity index is 1.90. The molecular weight excluding hydrogens is 314 g/mol. The van der Waals surface area contributed by atoms with Crippen LogP contribution in [-0.4, -0.2) is 16.1 Å². The van der Waals surface area contributed by atoms with Gasteiger partial charge >= 0.3 is 0 Å². The molecule has 4 heteroatoms. The number of hydrogen-bond donors (Lipinski definition) is 0. The summed E-state index contributed by atoms with van der Waals surface area (Å²) in [6, 6.07) is 19.3. The van der Waals surface area contributed by atoms with E-state index in [1.54, 1.807) is 11.3 Å². The molecule has 2 aromatic carbocycles. The van der Waals surface area contributed by atoms with E-state index in [1.807, 2.05) is 0 Å². The molecule has 0 amide bonds. The number of fused-ring (bicyclic) bond motifs is 5. The van der Waals surface area contributed by atoms with Crippen molar-refractivity contribution in [1.82, 2.24) is 9.55 Å². The van der Waals surface area contributed by atoms with Crippen LogP contribution in [-0.2, 0) is 0 Å². The van der Waals surface area contributed by atoms with Gasteiger partial charge in [0.1, 0.15) is 12.0 Å².